The highest BCUT2D eigenvalue weighted by atomic mass is 16.6. The van der Waals surface area contributed by atoms with Crippen LogP contribution in [0.3, 0.4) is 0 Å². The van der Waals surface area contributed by atoms with E-state index >= 15 is 0 Å². The molecule has 0 spiro atoms. The lowest BCUT2D eigenvalue weighted by atomic mass is 9.94. The number of hydrogen-bond acceptors (Lipinski definition) is 8. The van der Waals surface area contributed by atoms with E-state index < -0.39 is 48.9 Å². The average Bonchev–Trinajstić information content (AvgIpc) is 2.46. The van der Waals surface area contributed by atoms with Gasteiger partial charge in [0, 0.05) is 6.92 Å². The van der Waals surface area contributed by atoms with Crippen molar-refractivity contribution in [2.24, 2.45) is 0 Å². The van der Waals surface area contributed by atoms with Crippen LogP contribution in [0.25, 0.3) is 0 Å². The summed E-state index contributed by atoms with van der Waals surface area (Å²) in [5.74, 6) is -1.75. The van der Waals surface area contributed by atoms with Gasteiger partial charge in [0.05, 0.1) is 19.8 Å². The Morgan fingerprint density at radius 2 is 2.10 bits per heavy atom. The summed E-state index contributed by atoms with van der Waals surface area (Å²) in [5.41, 5.74) is 0. The number of carbonyl (C=O) groups is 2. The predicted molar refractivity (Wildman–Crippen MR) is 67.7 cm³/mol. The molecule has 1 heterocycles. The third-order valence-electron chi connectivity index (χ3n) is 2.98. The molecular weight excluding hydrogens is 286 g/mol. The Labute approximate surface area is 120 Å². The van der Waals surface area contributed by atoms with Gasteiger partial charge in [0.25, 0.3) is 0 Å². The van der Waals surface area contributed by atoms with E-state index in [0.717, 1.165) is 13.2 Å². The normalized spacial score (nSPS) is 27.9. The second kappa shape index (κ2) is 7.36. The number of carbonyl (C=O) groups excluding carboxylic acids is 2. The summed E-state index contributed by atoms with van der Waals surface area (Å²) in [6, 6.07) is -1.10. The molecule has 0 saturated heterocycles. The van der Waals surface area contributed by atoms with E-state index in [2.05, 4.69) is 10.1 Å². The lowest BCUT2D eigenvalue weighted by Gasteiger charge is -2.38. The van der Waals surface area contributed by atoms with E-state index in [1.807, 2.05) is 0 Å². The highest BCUT2D eigenvalue weighted by Gasteiger charge is 2.43. The molecule has 0 unspecified atom stereocenters. The highest BCUT2D eigenvalue weighted by molar-refractivity contribution is 5.86. The lowest BCUT2D eigenvalue weighted by molar-refractivity contribution is -0.152. The van der Waals surface area contributed by atoms with E-state index in [-0.39, 0.29) is 5.76 Å². The second-order valence-corrected chi connectivity index (χ2v) is 4.56. The van der Waals surface area contributed by atoms with Crippen LogP contribution in [0, 0.1) is 0 Å². The van der Waals surface area contributed by atoms with Crippen LogP contribution in [-0.4, -0.2) is 76.5 Å². The molecule has 0 aromatic rings. The molecule has 120 valence electrons. The molecule has 0 aromatic heterocycles. The molecule has 1 aliphatic rings. The molecule has 9 nitrogen and oxygen atoms in total. The molecule has 0 saturated carbocycles. The average molecular weight is 305 g/mol. The van der Waals surface area contributed by atoms with Gasteiger partial charge < -0.3 is 35.2 Å². The number of esters is 1. The van der Waals surface area contributed by atoms with Gasteiger partial charge in [0.2, 0.25) is 11.7 Å². The molecule has 9 heteroatoms. The highest BCUT2D eigenvalue weighted by Crippen LogP contribution is 2.23. The van der Waals surface area contributed by atoms with Crippen molar-refractivity contribution in [3.63, 3.8) is 0 Å². The minimum atomic E-state index is -1.64. The minimum Gasteiger partial charge on any atom is -0.478 e. The van der Waals surface area contributed by atoms with Crippen molar-refractivity contribution < 1.29 is 39.5 Å². The summed E-state index contributed by atoms with van der Waals surface area (Å²) in [6.07, 6.45) is -4.88. The van der Waals surface area contributed by atoms with Gasteiger partial charge in [-0.15, -0.1) is 0 Å². The van der Waals surface area contributed by atoms with Crippen LogP contribution < -0.4 is 5.32 Å². The van der Waals surface area contributed by atoms with Gasteiger partial charge >= 0.3 is 5.97 Å². The standard InChI is InChI=1S/C12H19NO8/c1-5(15)13-9-6(16)3-8(12(19)20-2)21-11(9)10(18)7(17)4-14/h3,6-7,9-11,14,16-18H,4H2,1-2H3,(H,13,15)/t6-,7+,9+,10+,11-/m0/s1. The second-order valence-electron chi connectivity index (χ2n) is 4.56. The number of aliphatic hydroxyl groups is 4. The van der Waals surface area contributed by atoms with Crippen LogP contribution >= 0.6 is 0 Å². The first-order valence-corrected chi connectivity index (χ1v) is 6.20. The van der Waals surface area contributed by atoms with Crippen LogP contribution in [0.5, 0.6) is 0 Å². The van der Waals surface area contributed by atoms with Crippen molar-refractivity contribution in [2.45, 2.75) is 37.4 Å². The number of nitrogens with one attached hydrogen (secondary N) is 1. The third kappa shape index (κ3) is 4.14. The summed E-state index contributed by atoms with van der Waals surface area (Å²) in [7, 11) is 1.10. The van der Waals surface area contributed by atoms with Gasteiger partial charge in [0.1, 0.15) is 18.3 Å². The zero-order valence-corrected chi connectivity index (χ0v) is 11.6. The van der Waals surface area contributed by atoms with Gasteiger partial charge in [-0.25, -0.2) is 4.79 Å². The Bertz CT molecular complexity index is 423. The number of aliphatic hydroxyl groups excluding tert-OH is 4. The SMILES string of the molecule is COC(=O)C1=C[C@H](O)[C@@H](NC(C)=O)[C@@H]([C@H](O)[C@H](O)CO)O1. The van der Waals surface area contributed by atoms with Crippen LogP contribution in [0.4, 0.5) is 0 Å². The van der Waals surface area contributed by atoms with Gasteiger partial charge in [-0.3, -0.25) is 4.79 Å². The Kier molecular flexibility index (Phi) is 6.09. The fourth-order valence-corrected chi connectivity index (χ4v) is 1.94. The maximum atomic E-state index is 11.4. The summed E-state index contributed by atoms with van der Waals surface area (Å²) in [6.45, 7) is 0.430. The van der Waals surface area contributed by atoms with E-state index in [4.69, 9.17) is 9.84 Å². The maximum absolute atomic E-state index is 11.4. The van der Waals surface area contributed by atoms with E-state index in [0.29, 0.717) is 0 Å². The number of methoxy groups -OCH3 is 1. The van der Waals surface area contributed by atoms with Crippen molar-refractivity contribution in [1.29, 1.82) is 0 Å². The van der Waals surface area contributed by atoms with E-state index in [1.165, 1.54) is 6.92 Å². The van der Waals surface area contributed by atoms with Crippen molar-refractivity contribution in [2.75, 3.05) is 13.7 Å². The van der Waals surface area contributed by atoms with Gasteiger partial charge in [-0.1, -0.05) is 0 Å². The summed E-state index contributed by atoms with van der Waals surface area (Å²) in [5, 5.41) is 40.6. The molecule has 1 amide bonds. The zero-order chi connectivity index (χ0) is 16.2. The first-order chi connectivity index (χ1) is 9.81. The molecule has 5 N–H and O–H groups in total. The van der Waals surface area contributed by atoms with Crippen LogP contribution in [0.2, 0.25) is 0 Å². The lowest BCUT2D eigenvalue weighted by Crippen LogP contribution is -2.59. The number of rotatable bonds is 5. The molecule has 0 bridgehead atoms. The minimum absolute atomic E-state index is 0.360. The Morgan fingerprint density at radius 1 is 1.48 bits per heavy atom. The number of amides is 1. The fraction of sp³-hybridized carbons (Fsp3) is 0.667. The van der Waals surface area contributed by atoms with E-state index in [9.17, 15) is 24.9 Å². The largest absolute Gasteiger partial charge is 0.478 e. The summed E-state index contributed by atoms with van der Waals surface area (Å²) >= 11 is 0. The Balaban J connectivity index is 3.05. The predicted octanol–water partition coefficient (Wildman–Crippen LogP) is -2.98. The van der Waals surface area contributed by atoms with Crippen molar-refractivity contribution in [1.82, 2.24) is 5.32 Å². The molecule has 0 fully saturated rings. The van der Waals surface area contributed by atoms with Crippen LogP contribution in [-0.2, 0) is 19.1 Å². The van der Waals surface area contributed by atoms with Gasteiger partial charge in [-0.2, -0.15) is 0 Å². The molecule has 0 aliphatic carbocycles. The monoisotopic (exact) mass is 305 g/mol. The Morgan fingerprint density at radius 3 is 2.57 bits per heavy atom. The van der Waals surface area contributed by atoms with Gasteiger partial charge in [0.15, 0.2) is 6.10 Å². The third-order valence-corrected chi connectivity index (χ3v) is 2.98. The first kappa shape index (κ1) is 17.4. The topological polar surface area (TPSA) is 146 Å². The maximum Gasteiger partial charge on any atom is 0.373 e. The van der Waals surface area contributed by atoms with Crippen LogP contribution in [0.1, 0.15) is 6.92 Å². The number of hydrogen-bond donors (Lipinski definition) is 5. The molecule has 5 atom stereocenters. The number of ether oxygens (including phenoxy) is 2. The van der Waals surface area contributed by atoms with Crippen molar-refractivity contribution >= 4 is 11.9 Å². The Hall–Kier alpha value is -1.68. The smallest absolute Gasteiger partial charge is 0.373 e. The molecule has 0 radical (unpaired) electrons. The molecule has 21 heavy (non-hydrogen) atoms. The fourth-order valence-electron chi connectivity index (χ4n) is 1.94. The van der Waals surface area contributed by atoms with Crippen molar-refractivity contribution in [3.8, 4) is 0 Å². The van der Waals surface area contributed by atoms with Crippen molar-refractivity contribution in [3.05, 3.63) is 11.8 Å². The quantitative estimate of drug-likeness (QED) is 0.338. The first-order valence-electron chi connectivity index (χ1n) is 6.20. The van der Waals surface area contributed by atoms with Crippen LogP contribution in [0.15, 0.2) is 11.8 Å². The molecule has 0 aromatic carbocycles. The summed E-state index contributed by atoms with van der Waals surface area (Å²) in [4.78, 5) is 22.6. The summed E-state index contributed by atoms with van der Waals surface area (Å²) < 4.78 is 9.64. The molecule has 1 aliphatic heterocycles. The zero-order valence-electron chi connectivity index (χ0n) is 11.6. The molecular formula is C12H19NO8. The van der Waals surface area contributed by atoms with Gasteiger partial charge in [-0.05, 0) is 6.08 Å². The van der Waals surface area contributed by atoms with E-state index in [1.54, 1.807) is 0 Å². The molecule has 1 rings (SSSR count).